The summed E-state index contributed by atoms with van der Waals surface area (Å²) in [6.07, 6.45) is 7.56. The van der Waals surface area contributed by atoms with Crippen molar-refractivity contribution in [3.63, 3.8) is 0 Å². The molecule has 3 heteroatoms. The van der Waals surface area contributed by atoms with Crippen LogP contribution >= 0.6 is 0 Å². The minimum atomic E-state index is 0.662. The molecule has 1 N–H and O–H groups in total. The van der Waals surface area contributed by atoms with Crippen LogP contribution in [0.1, 0.15) is 59.6 Å². The molecule has 1 saturated carbocycles. The van der Waals surface area contributed by atoms with Crippen molar-refractivity contribution < 1.29 is 4.79 Å². The van der Waals surface area contributed by atoms with Gasteiger partial charge in [-0.3, -0.25) is 9.89 Å². The van der Waals surface area contributed by atoms with Crippen molar-refractivity contribution in [2.45, 2.75) is 44.9 Å². The Balaban J connectivity index is 1.87. The lowest BCUT2D eigenvalue weighted by atomic mass is 9.84. The number of aldehydes is 1. The Hall–Kier alpha value is -1.90. The Morgan fingerprint density at radius 2 is 1.85 bits per heavy atom. The number of H-pyrrole nitrogens is 1. The fourth-order valence-electron chi connectivity index (χ4n) is 3.15. The fraction of sp³-hybridized carbons (Fsp3) is 0.412. The van der Waals surface area contributed by atoms with E-state index in [1.807, 2.05) is 6.92 Å². The lowest BCUT2D eigenvalue weighted by Gasteiger charge is -2.22. The van der Waals surface area contributed by atoms with E-state index < -0.39 is 0 Å². The highest BCUT2D eigenvalue weighted by Gasteiger charge is 2.16. The first-order valence-corrected chi connectivity index (χ1v) is 7.40. The number of aromatic nitrogens is 2. The van der Waals surface area contributed by atoms with Crippen LogP contribution in [0.5, 0.6) is 0 Å². The van der Waals surface area contributed by atoms with Crippen LogP contribution in [0.15, 0.2) is 24.3 Å². The maximum atomic E-state index is 11.1. The normalized spacial score (nSPS) is 16.2. The Morgan fingerprint density at radius 1 is 1.15 bits per heavy atom. The van der Waals surface area contributed by atoms with Gasteiger partial charge in [-0.2, -0.15) is 5.10 Å². The molecule has 2 aromatic rings. The average molecular weight is 268 g/mol. The highest BCUT2D eigenvalue weighted by Crippen LogP contribution is 2.33. The molecule has 1 aliphatic carbocycles. The van der Waals surface area contributed by atoms with Crippen LogP contribution in [0.4, 0.5) is 0 Å². The number of carbonyl (C=O) groups is 1. The van der Waals surface area contributed by atoms with E-state index in [-0.39, 0.29) is 0 Å². The van der Waals surface area contributed by atoms with Gasteiger partial charge in [-0.05, 0) is 31.2 Å². The maximum Gasteiger partial charge on any atom is 0.154 e. The molecule has 0 bridgehead atoms. The third-order valence-electron chi connectivity index (χ3n) is 4.37. The summed E-state index contributed by atoms with van der Waals surface area (Å²) in [5.74, 6) is 0.712. The Kier molecular flexibility index (Phi) is 3.68. The molecule has 0 unspecified atom stereocenters. The third-order valence-corrected chi connectivity index (χ3v) is 4.37. The number of aryl methyl sites for hydroxylation is 1. The van der Waals surface area contributed by atoms with E-state index in [0.717, 1.165) is 23.2 Å². The number of nitrogens with one attached hydrogen (secondary N) is 1. The van der Waals surface area contributed by atoms with Crippen LogP contribution in [0.3, 0.4) is 0 Å². The van der Waals surface area contributed by atoms with Crippen molar-refractivity contribution in [2.75, 3.05) is 0 Å². The van der Waals surface area contributed by atoms with Crippen molar-refractivity contribution in [2.24, 2.45) is 0 Å². The van der Waals surface area contributed by atoms with Gasteiger partial charge in [0.05, 0.1) is 5.56 Å². The van der Waals surface area contributed by atoms with Crippen molar-refractivity contribution in [1.82, 2.24) is 10.2 Å². The molecule has 3 rings (SSSR count). The van der Waals surface area contributed by atoms with Crippen LogP contribution in [-0.2, 0) is 0 Å². The van der Waals surface area contributed by atoms with Gasteiger partial charge in [-0.1, -0.05) is 43.5 Å². The molecule has 0 radical (unpaired) electrons. The SMILES string of the molecule is Cc1[nH]nc(-c2ccc(C3CCCCC3)cc2)c1C=O. The molecular weight excluding hydrogens is 248 g/mol. The van der Waals surface area contributed by atoms with Crippen LogP contribution in [-0.4, -0.2) is 16.5 Å². The summed E-state index contributed by atoms with van der Waals surface area (Å²) in [7, 11) is 0. The lowest BCUT2D eigenvalue weighted by molar-refractivity contribution is 0.112. The standard InChI is InChI=1S/C17H20N2O/c1-12-16(11-20)17(19-18-12)15-9-7-14(8-10-15)13-5-3-2-4-6-13/h7-11,13H,2-6H2,1H3,(H,18,19). The van der Waals surface area contributed by atoms with Gasteiger partial charge in [0.1, 0.15) is 5.69 Å². The zero-order chi connectivity index (χ0) is 13.9. The minimum absolute atomic E-state index is 0.662. The third kappa shape index (κ3) is 2.40. The fourth-order valence-corrected chi connectivity index (χ4v) is 3.15. The van der Waals surface area contributed by atoms with E-state index in [2.05, 4.69) is 34.5 Å². The van der Waals surface area contributed by atoms with Crippen LogP contribution in [0.2, 0.25) is 0 Å². The molecule has 1 aromatic heterocycles. The van der Waals surface area contributed by atoms with Gasteiger partial charge in [-0.25, -0.2) is 0 Å². The summed E-state index contributed by atoms with van der Waals surface area (Å²) in [6.45, 7) is 1.87. The summed E-state index contributed by atoms with van der Waals surface area (Å²) in [6, 6.07) is 8.58. The highest BCUT2D eigenvalue weighted by molar-refractivity contribution is 5.87. The van der Waals surface area contributed by atoms with Crippen molar-refractivity contribution >= 4 is 6.29 Å². The average Bonchev–Trinajstić information content (AvgIpc) is 2.89. The predicted molar refractivity (Wildman–Crippen MR) is 80.0 cm³/mol. The molecule has 1 aliphatic rings. The molecule has 1 fully saturated rings. The summed E-state index contributed by atoms with van der Waals surface area (Å²) in [4.78, 5) is 11.1. The zero-order valence-electron chi connectivity index (χ0n) is 11.9. The number of carbonyl (C=O) groups excluding carboxylic acids is 1. The topological polar surface area (TPSA) is 45.8 Å². The maximum absolute atomic E-state index is 11.1. The monoisotopic (exact) mass is 268 g/mol. The number of hydrogen-bond acceptors (Lipinski definition) is 2. The van der Waals surface area contributed by atoms with Crippen molar-refractivity contribution in [3.05, 3.63) is 41.1 Å². The van der Waals surface area contributed by atoms with E-state index in [1.54, 1.807) is 0 Å². The molecule has 20 heavy (non-hydrogen) atoms. The molecule has 1 aromatic carbocycles. The zero-order valence-corrected chi connectivity index (χ0v) is 11.9. The molecule has 3 nitrogen and oxygen atoms in total. The van der Waals surface area contributed by atoms with Gasteiger partial charge in [0.2, 0.25) is 0 Å². The van der Waals surface area contributed by atoms with Crippen LogP contribution < -0.4 is 0 Å². The number of nitrogens with zero attached hydrogens (tertiary/aromatic N) is 1. The van der Waals surface area contributed by atoms with Crippen molar-refractivity contribution in [3.8, 4) is 11.3 Å². The smallest absolute Gasteiger partial charge is 0.154 e. The largest absolute Gasteiger partial charge is 0.298 e. The van der Waals surface area contributed by atoms with E-state index in [9.17, 15) is 4.79 Å². The Morgan fingerprint density at radius 3 is 2.50 bits per heavy atom. The van der Waals surface area contributed by atoms with E-state index in [4.69, 9.17) is 0 Å². The van der Waals surface area contributed by atoms with Crippen molar-refractivity contribution in [1.29, 1.82) is 0 Å². The number of benzene rings is 1. The predicted octanol–water partition coefficient (Wildman–Crippen LogP) is 4.25. The second-order valence-corrected chi connectivity index (χ2v) is 5.69. The van der Waals surface area contributed by atoms with E-state index in [1.165, 1.54) is 37.7 Å². The molecular formula is C17H20N2O. The molecule has 0 spiro atoms. The first-order valence-electron chi connectivity index (χ1n) is 7.40. The molecule has 0 atom stereocenters. The quantitative estimate of drug-likeness (QED) is 0.846. The van der Waals surface area contributed by atoms with E-state index >= 15 is 0 Å². The second kappa shape index (κ2) is 5.61. The Labute approximate surface area is 119 Å². The summed E-state index contributed by atoms with van der Waals surface area (Å²) < 4.78 is 0. The van der Waals surface area contributed by atoms with Crippen LogP contribution in [0.25, 0.3) is 11.3 Å². The second-order valence-electron chi connectivity index (χ2n) is 5.69. The number of rotatable bonds is 3. The van der Waals surface area contributed by atoms with Gasteiger partial charge in [-0.15, -0.1) is 0 Å². The van der Waals surface area contributed by atoms with Gasteiger partial charge in [0.25, 0.3) is 0 Å². The number of hydrogen-bond donors (Lipinski definition) is 1. The first-order chi connectivity index (χ1) is 9.79. The summed E-state index contributed by atoms with van der Waals surface area (Å²) in [5, 5.41) is 7.13. The van der Waals surface area contributed by atoms with Gasteiger partial charge < -0.3 is 0 Å². The van der Waals surface area contributed by atoms with E-state index in [0.29, 0.717) is 11.5 Å². The molecule has 0 saturated heterocycles. The van der Waals surface area contributed by atoms with Gasteiger partial charge in [0.15, 0.2) is 6.29 Å². The van der Waals surface area contributed by atoms with Gasteiger partial charge in [0, 0.05) is 11.3 Å². The lowest BCUT2D eigenvalue weighted by Crippen LogP contribution is -2.04. The summed E-state index contributed by atoms with van der Waals surface area (Å²) in [5.41, 5.74) is 4.68. The molecule has 1 heterocycles. The summed E-state index contributed by atoms with van der Waals surface area (Å²) >= 11 is 0. The molecule has 104 valence electrons. The van der Waals surface area contributed by atoms with Gasteiger partial charge >= 0.3 is 0 Å². The van der Waals surface area contributed by atoms with Crippen LogP contribution in [0, 0.1) is 6.92 Å². The first kappa shape index (κ1) is 13.1. The molecule has 0 aliphatic heterocycles. The highest BCUT2D eigenvalue weighted by atomic mass is 16.1. The molecule has 0 amide bonds. The Bertz CT molecular complexity index is 592. The number of aromatic amines is 1. The minimum Gasteiger partial charge on any atom is -0.298 e.